The molecule has 0 bridgehead atoms. The summed E-state index contributed by atoms with van der Waals surface area (Å²) in [7, 11) is 0. The average molecular weight is 217 g/mol. The lowest BCUT2D eigenvalue weighted by molar-refractivity contribution is 0.297. The fraction of sp³-hybridized carbons (Fsp3) is 0.462. The van der Waals surface area contributed by atoms with Gasteiger partial charge in [0.1, 0.15) is 4.75 Å². The number of hydrogen-bond acceptors (Lipinski definition) is 2. The van der Waals surface area contributed by atoms with Crippen LogP contribution in [0.3, 0.4) is 0 Å². The minimum atomic E-state index is -0.161. The first-order valence-corrected chi connectivity index (χ1v) is 6.15. The lowest BCUT2D eigenvalue weighted by Gasteiger charge is -2.41. The summed E-state index contributed by atoms with van der Waals surface area (Å²) in [5, 5.41) is 9.29. The predicted molar refractivity (Wildman–Crippen MR) is 63.8 cm³/mol. The quantitative estimate of drug-likeness (QED) is 0.752. The van der Waals surface area contributed by atoms with Crippen LogP contribution in [0.15, 0.2) is 29.2 Å². The van der Waals surface area contributed by atoms with Crippen LogP contribution in [0.2, 0.25) is 0 Å². The van der Waals surface area contributed by atoms with Gasteiger partial charge in [-0.25, -0.2) is 0 Å². The van der Waals surface area contributed by atoms with E-state index in [0.717, 1.165) is 6.42 Å². The van der Waals surface area contributed by atoms with E-state index >= 15 is 0 Å². The fourth-order valence-electron chi connectivity index (χ4n) is 1.90. The molecule has 78 valence electrons. The summed E-state index contributed by atoms with van der Waals surface area (Å²) in [6.45, 7) is 4.29. The molecule has 2 rings (SSSR count). The molecule has 0 spiro atoms. The number of hydrogen-bond donors (Lipinski definition) is 0. The number of rotatable bonds is 2. The van der Waals surface area contributed by atoms with Gasteiger partial charge < -0.3 is 0 Å². The van der Waals surface area contributed by atoms with Crippen LogP contribution in [0.1, 0.15) is 25.3 Å². The van der Waals surface area contributed by atoms with Crippen molar-refractivity contribution in [3.8, 4) is 6.07 Å². The van der Waals surface area contributed by atoms with Crippen molar-refractivity contribution in [2.45, 2.75) is 36.3 Å². The molecule has 1 nitrogen and oxygen atoms in total. The Morgan fingerprint density at radius 1 is 1.47 bits per heavy atom. The molecule has 0 saturated heterocycles. The van der Waals surface area contributed by atoms with E-state index in [-0.39, 0.29) is 4.75 Å². The smallest absolute Gasteiger partial charge is 0.110 e. The Bertz CT molecular complexity index is 407. The second kappa shape index (κ2) is 3.90. The second-order valence-electron chi connectivity index (χ2n) is 4.31. The van der Waals surface area contributed by atoms with Crippen LogP contribution >= 0.6 is 11.8 Å². The molecule has 15 heavy (non-hydrogen) atoms. The van der Waals surface area contributed by atoms with Gasteiger partial charge in [0, 0.05) is 4.90 Å². The van der Waals surface area contributed by atoms with Crippen LogP contribution in [0.25, 0.3) is 0 Å². The zero-order valence-electron chi connectivity index (χ0n) is 9.16. The molecule has 0 aromatic heterocycles. The maximum absolute atomic E-state index is 9.29. The molecule has 1 fully saturated rings. The Morgan fingerprint density at radius 2 is 2.20 bits per heavy atom. The highest BCUT2D eigenvalue weighted by molar-refractivity contribution is 8.01. The van der Waals surface area contributed by atoms with Gasteiger partial charge in [-0.2, -0.15) is 5.26 Å². The number of nitrogens with zero attached hydrogens (tertiary/aromatic N) is 1. The van der Waals surface area contributed by atoms with Gasteiger partial charge in [0.25, 0.3) is 0 Å². The predicted octanol–water partition coefficient (Wildman–Crippen LogP) is 3.78. The normalized spacial score (nSPS) is 29.3. The third-order valence-electron chi connectivity index (χ3n) is 3.32. The molecule has 1 aromatic carbocycles. The van der Waals surface area contributed by atoms with Crippen molar-refractivity contribution in [3.63, 3.8) is 0 Å². The van der Waals surface area contributed by atoms with E-state index in [1.807, 2.05) is 12.1 Å². The standard InChI is InChI=1S/C13H15NS/c1-10-5-3-4-6-12(10)15-13(9-14)8-7-11(13)2/h3-6,11H,7-8H2,1-2H3. The van der Waals surface area contributed by atoms with E-state index in [2.05, 4.69) is 32.0 Å². The van der Waals surface area contributed by atoms with Gasteiger partial charge in [0.05, 0.1) is 6.07 Å². The van der Waals surface area contributed by atoms with Crippen molar-refractivity contribution in [1.82, 2.24) is 0 Å². The molecule has 1 aliphatic rings. The molecule has 2 atom stereocenters. The Morgan fingerprint density at radius 3 is 2.67 bits per heavy atom. The first-order chi connectivity index (χ1) is 7.18. The van der Waals surface area contributed by atoms with Gasteiger partial charge >= 0.3 is 0 Å². The molecular formula is C13H15NS. The molecule has 0 radical (unpaired) electrons. The Hall–Kier alpha value is -0.940. The highest BCUT2D eigenvalue weighted by Gasteiger charge is 2.45. The van der Waals surface area contributed by atoms with Crippen LogP contribution < -0.4 is 0 Å². The van der Waals surface area contributed by atoms with Gasteiger partial charge in [-0.3, -0.25) is 0 Å². The van der Waals surface area contributed by atoms with Crippen molar-refractivity contribution in [2.24, 2.45) is 5.92 Å². The van der Waals surface area contributed by atoms with Gasteiger partial charge in [-0.15, -0.1) is 11.8 Å². The summed E-state index contributed by atoms with van der Waals surface area (Å²) in [6.07, 6.45) is 2.22. The topological polar surface area (TPSA) is 23.8 Å². The second-order valence-corrected chi connectivity index (χ2v) is 5.68. The summed E-state index contributed by atoms with van der Waals surface area (Å²) in [5.74, 6) is 0.520. The van der Waals surface area contributed by atoms with E-state index in [0.29, 0.717) is 5.92 Å². The molecule has 1 aliphatic carbocycles. The van der Waals surface area contributed by atoms with Crippen LogP contribution in [-0.4, -0.2) is 4.75 Å². The Kier molecular flexibility index (Phi) is 2.75. The van der Waals surface area contributed by atoms with E-state index in [1.165, 1.54) is 16.9 Å². The largest absolute Gasteiger partial charge is 0.197 e. The minimum Gasteiger partial charge on any atom is -0.197 e. The molecule has 2 heteroatoms. The molecule has 1 saturated carbocycles. The van der Waals surface area contributed by atoms with E-state index in [9.17, 15) is 5.26 Å². The zero-order chi connectivity index (χ0) is 10.9. The van der Waals surface area contributed by atoms with Gasteiger partial charge in [0.15, 0.2) is 0 Å². The monoisotopic (exact) mass is 217 g/mol. The molecule has 0 N–H and O–H groups in total. The summed E-state index contributed by atoms with van der Waals surface area (Å²) in [5.41, 5.74) is 1.27. The van der Waals surface area contributed by atoms with E-state index < -0.39 is 0 Å². The summed E-state index contributed by atoms with van der Waals surface area (Å²) >= 11 is 1.75. The van der Waals surface area contributed by atoms with Crippen molar-refractivity contribution in [3.05, 3.63) is 29.8 Å². The molecule has 0 heterocycles. The third-order valence-corrected chi connectivity index (χ3v) is 5.06. The lowest BCUT2D eigenvalue weighted by atomic mass is 9.75. The van der Waals surface area contributed by atoms with Crippen LogP contribution in [0, 0.1) is 24.2 Å². The van der Waals surface area contributed by atoms with Gasteiger partial charge in [0.2, 0.25) is 0 Å². The van der Waals surface area contributed by atoms with Crippen LogP contribution in [0.5, 0.6) is 0 Å². The fourth-order valence-corrected chi connectivity index (χ4v) is 3.26. The average Bonchev–Trinajstić information content (AvgIpc) is 2.26. The summed E-state index contributed by atoms with van der Waals surface area (Å²) in [6, 6.07) is 10.8. The van der Waals surface area contributed by atoms with E-state index in [4.69, 9.17) is 0 Å². The van der Waals surface area contributed by atoms with Crippen molar-refractivity contribution >= 4 is 11.8 Å². The molecular weight excluding hydrogens is 202 g/mol. The third kappa shape index (κ3) is 1.77. The maximum atomic E-state index is 9.29. The number of benzene rings is 1. The van der Waals surface area contributed by atoms with Crippen LogP contribution in [0.4, 0.5) is 0 Å². The number of nitriles is 1. The van der Waals surface area contributed by atoms with E-state index in [1.54, 1.807) is 11.8 Å². The first-order valence-electron chi connectivity index (χ1n) is 5.34. The highest BCUT2D eigenvalue weighted by Crippen LogP contribution is 2.51. The van der Waals surface area contributed by atoms with Crippen LogP contribution in [-0.2, 0) is 0 Å². The lowest BCUT2D eigenvalue weighted by Crippen LogP contribution is -2.40. The molecule has 1 aromatic rings. The molecule has 0 aliphatic heterocycles. The molecule has 2 unspecified atom stereocenters. The van der Waals surface area contributed by atoms with Crippen molar-refractivity contribution in [2.75, 3.05) is 0 Å². The Labute approximate surface area is 95.5 Å². The minimum absolute atomic E-state index is 0.161. The molecule has 0 amide bonds. The van der Waals surface area contributed by atoms with Crippen molar-refractivity contribution < 1.29 is 0 Å². The number of thioether (sulfide) groups is 1. The SMILES string of the molecule is Cc1ccccc1SC1(C#N)CCC1C. The maximum Gasteiger partial charge on any atom is 0.110 e. The number of aryl methyl sites for hydroxylation is 1. The Balaban J connectivity index is 2.22. The first kappa shape index (κ1) is 10.6. The van der Waals surface area contributed by atoms with Gasteiger partial charge in [-0.1, -0.05) is 25.1 Å². The highest BCUT2D eigenvalue weighted by atomic mass is 32.2. The zero-order valence-corrected chi connectivity index (χ0v) is 9.97. The van der Waals surface area contributed by atoms with Crippen molar-refractivity contribution in [1.29, 1.82) is 5.26 Å². The summed E-state index contributed by atoms with van der Waals surface area (Å²) in [4.78, 5) is 1.26. The van der Waals surface area contributed by atoms with Gasteiger partial charge in [-0.05, 0) is 37.3 Å². The summed E-state index contributed by atoms with van der Waals surface area (Å²) < 4.78 is -0.161.